The van der Waals surface area contributed by atoms with Crippen molar-refractivity contribution in [3.05, 3.63) is 53.5 Å². The van der Waals surface area contributed by atoms with Crippen LogP contribution >= 0.6 is 0 Å². The molecule has 0 bridgehead atoms. The van der Waals surface area contributed by atoms with Crippen LogP contribution in [0.5, 0.6) is 11.6 Å². The van der Waals surface area contributed by atoms with Gasteiger partial charge in [-0.3, -0.25) is 0 Å². The molecule has 1 aromatic carbocycles. The van der Waals surface area contributed by atoms with Crippen LogP contribution in [0, 0.1) is 22.9 Å². The molecule has 0 radical (unpaired) electrons. The zero-order valence-corrected chi connectivity index (χ0v) is 13.2. The Hall–Kier alpha value is -2.08. The molecule has 3 nitrogen and oxygen atoms in total. The number of hydrogen-bond donors (Lipinski definition) is 0. The Morgan fingerprint density at radius 1 is 1.00 bits per heavy atom. The van der Waals surface area contributed by atoms with Crippen molar-refractivity contribution in [2.45, 2.75) is 27.4 Å². The highest BCUT2D eigenvalue weighted by molar-refractivity contribution is 5.30. The van der Waals surface area contributed by atoms with Crippen molar-refractivity contribution in [2.24, 2.45) is 5.41 Å². The van der Waals surface area contributed by atoms with E-state index in [2.05, 4.69) is 4.98 Å². The smallest absolute Gasteiger partial charge is 0.256 e. The summed E-state index contributed by atoms with van der Waals surface area (Å²) in [5.74, 6) is -3.10. The fourth-order valence-electron chi connectivity index (χ4n) is 1.74. The summed E-state index contributed by atoms with van der Waals surface area (Å²) in [5, 5.41) is 0. The van der Waals surface area contributed by atoms with Crippen molar-refractivity contribution >= 4 is 0 Å². The molecule has 0 aliphatic heterocycles. The van der Waals surface area contributed by atoms with Gasteiger partial charge in [0.2, 0.25) is 0 Å². The minimum atomic E-state index is -0.930. The Morgan fingerprint density at radius 3 is 2.39 bits per heavy atom. The zero-order valence-electron chi connectivity index (χ0n) is 13.2. The topological polar surface area (TPSA) is 31.4 Å². The number of ether oxygens (including phenoxy) is 2. The van der Waals surface area contributed by atoms with Gasteiger partial charge in [-0.2, -0.15) is 0 Å². The van der Waals surface area contributed by atoms with Gasteiger partial charge in [-0.05, 0) is 29.7 Å². The molecule has 0 spiro atoms. The highest BCUT2D eigenvalue weighted by atomic mass is 19.1. The minimum absolute atomic E-state index is 0.00337. The first-order chi connectivity index (χ1) is 10.7. The van der Waals surface area contributed by atoms with Crippen molar-refractivity contribution in [1.29, 1.82) is 0 Å². The van der Waals surface area contributed by atoms with E-state index in [1.54, 1.807) is 0 Å². The van der Waals surface area contributed by atoms with Gasteiger partial charge < -0.3 is 9.47 Å². The first-order valence-electron chi connectivity index (χ1n) is 7.11. The third kappa shape index (κ3) is 5.25. The standard InChI is InChI=1S/C17H18F3NO2/c1-17(2,3)10-22-9-12-5-6-13(19)16(21-12)23-15-7-4-11(18)8-14(15)20/h4-8H,9-10H2,1-3H3. The molecule has 23 heavy (non-hydrogen) atoms. The van der Waals surface area contributed by atoms with Crippen LogP contribution in [0.4, 0.5) is 13.2 Å². The molecule has 0 N–H and O–H groups in total. The number of halogens is 3. The number of aromatic nitrogens is 1. The van der Waals surface area contributed by atoms with E-state index in [9.17, 15) is 13.2 Å². The molecule has 2 rings (SSSR count). The molecule has 2 aromatic rings. The van der Waals surface area contributed by atoms with Gasteiger partial charge in [-0.15, -0.1) is 0 Å². The summed E-state index contributed by atoms with van der Waals surface area (Å²) >= 11 is 0. The third-order valence-electron chi connectivity index (χ3n) is 2.76. The predicted molar refractivity (Wildman–Crippen MR) is 79.7 cm³/mol. The van der Waals surface area contributed by atoms with Crippen LogP contribution in [-0.2, 0) is 11.3 Å². The molecule has 0 saturated heterocycles. The Labute approximate surface area is 133 Å². The van der Waals surface area contributed by atoms with E-state index in [1.807, 2.05) is 20.8 Å². The lowest BCUT2D eigenvalue weighted by Crippen LogP contribution is -2.14. The van der Waals surface area contributed by atoms with Crippen LogP contribution in [0.3, 0.4) is 0 Å². The van der Waals surface area contributed by atoms with Crippen LogP contribution in [0.15, 0.2) is 30.3 Å². The maximum atomic E-state index is 13.8. The van der Waals surface area contributed by atoms with Gasteiger partial charge >= 0.3 is 0 Å². The van der Waals surface area contributed by atoms with E-state index in [1.165, 1.54) is 12.1 Å². The lowest BCUT2D eigenvalue weighted by Gasteiger charge is -2.17. The average Bonchev–Trinajstić information content (AvgIpc) is 2.44. The van der Waals surface area contributed by atoms with Crippen LogP contribution in [-0.4, -0.2) is 11.6 Å². The summed E-state index contributed by atoms with van der Waals surface area (Å²) in [7, 11) is 0. The Balaban J connectivity index is 2.11. The number of benzene rings is 1. The lowest BCUT2D eigenvalue weighted by molar-refractivity contribution is 0.0578. The van der Waals surface area contributed by atoms with Crippen LogP contribution in [0.1, 0.15) is 26.5 Å². The second kappa shape index (κ2) is 7.00. The monoisotopic (exact) mass is 325 g/mol. The zero-order chi connectivity index (χ0) is 17.0. The minimum Gasteiger partial charge on any atom is -0.433 e. The van der Waals surface area contributed by atoms with Gasteiger partial charge in [-0.25, -0.2) is 18.2 Å². The maximum Gasteiger partial charge on any atom is 0.256 e. The predicted octanol–water partition coefficient (Wildman–Crippen LogP) is 4.85. The molecule has 124 valence electrons. The molecule has 6 heteroatoms. The van der Waals surface area contributed by atoms with Gasteiger partial charge in [0.25, 0.3) is 5.88 Å². The normalized spacial score (nSPS) is 11.6. The average molecular weight is 325 g/mol. The van der Waals surface area contributed by atoms with Crippen molar-refractivity contribution in [2.75, 3.05) is 6.61 Å². The van der Waals surface area contributed by atoms with Crippen molar-refractivity contribution in [1.82, 2.24) is 4.98 Å². The maximum absolute atomic E-state index is 13.8. The summed E-state index contributed by atoms with van der Waals surface area (Å²) in [5.41, 5.74) is 0.449. The molecule has 0 atom stereocenters. The molecular formula is C17H18F3NO2. The molecule has 0 amide bonds. The van der Waals surface area contributed by atoms with Gasteiger partial charge in [0.15, 0.2) is 17.4 Å². The van der Waals surface area contributed by atoms with Crippen molar-refractivity contribution in [3.63, 3.8) is 0 Å². The van der Waals surface area contributed by atoms with Crippen LogP contribution in [0.25, 0.3) is 0 Å². The number of rotatable bonds is 5. The number of nitrogens with zero attached hydrogens (tertiary/aromatic N) is 1. The van der Waals surface area contributed by atoms with Gasteiger partial charge in [0.05, 0.1) is 18.9 Å². The molecule has 0 fully saturated rings. The van der Waals surface area contributed by atoms with E-state index in [0.29, 0.717) is 18.4 Å². The largest absolute Gasteiger partial charge is 0.433 e. The lowest BCUT2D eigenvalue weighted by atomic mass is 9.99. The summed E-state index contributed by atoms with van der Waals surface area (Å²) in [6.45, 7) is 6.76. The van der Waals surface area contributed by atoms with Crippen molar-refractivity contribution in [3.8, 4) is 11.6 Å². The summed E-state index contributed by atoms with van der Waals surface area (Å²) in [6, 6.07) is 5.39. The van der Waals surface area contributed by atoms with Gasteiger partial charge in [-0.1, -0.05) is 20.8 Å². The molecule has 0 aliphatic rings. The molecular weight excluding hydrogens is 307 g/mol. The molecule has 1 aromatic heterocycles. The summed E-state index contributed by atoms with van der Waals surface area (Å²) < 4.78 is 50.8. The second-order valence-electron chi connectivity index (χ2n) is 6.32. The first kappa shape index (κ1) is 17.3. The fourth-order valence-corrected chi connectivity index (χ4v) is 1.74. The van der Waals surface area contributed by atoms with Gasteiger partial charge in [0.1, 0.15) is 5.82 Å². The molecule has 1 heterocycles. The molecule has 0 aliphatic carbocycles. The van der Waals surface area contributed by atoms with E-state index >= 15 is 0 Å². The summed E-state index contributed by atoms with van der Waals surface area (Å²) in [6.07, 6.45) is 0. The highest BCUT2D eigenvalue weighted by Gasteiger charge is 2.14. The van der Waals surface area contributed by atoms with E-state index < -0.39 is 17.5 Å². The second-order valence-corrected chi connectivity index (χ2v) is 6.32. The van der Waals surface area contributed by atoms with Crippen LogP contribution in [0.2, 0.25) is 0 Å². The Morgan fingerprint density at radius 2 is 1.74 bits per heavy atom. The van der Waals surface area contributed by atoms with E-state index in [0.717, 1.165) is 12.1 Å². The van der Waals surface area contributed by atoms with E-state index in [4.69, 9.17) is 9.47 Å². The van der Waals surface area contributed by atoms with Crippen molar-refractivity contribution < 1.29 is 22.6 Å². The SMILES string of the molecule is CC(C)(C)COCc1ccc(F)c(Oc2ccc(F)cc2F)n1. The van der Waals surface area contributed by atoms with E-state index in [-0.39, 0.29) is 23.7 Å². The quantitative estimate of drug-likeness (QED) is 0.787. The molecule has 0 saturated carbocycles. The highest BCUT2D eigenvalue weighted by Crippen LogP contribution is 2.26. The number of pyridine rings is 1. The summed E-state index contributed by atoms with van der Waals surface area (Å²) in [4.78, 5) is 3.97. The van der Waals surface area contributed by atoms with Crippen LogP contribution < -0.4 is 4.74 Å². The molecule has 0 unspecified atom stereocenters. The number of hydrogen-bond acceptors (Lipinski definition) is 3. The third-order valence-corrected chi connectivity index (χ3v) is 2.76. The first-order valence-corrected chi connectivity index (χ1v) is 7.11. The Bertz CT molecular complexity index is 684. The Kier molecular flexibility index (Phi) is 5.26. The fraction of sp³-hybridized carbons (Fsp3) is 0.353. The van der Waals surface area contributed by atoms with Gasteiger partial charge in [0, 0.05) is 6.07 Å².